The molecule has 0 bridgehead atoms. The molecule has 0 amide bonds. The number of benzene rings is 2. The van der Waals surface area contributed by atoms with Gasteiger partial charge in [-0.15, -0.1) is 0 Å². The Hall–Kier alpha value is -1.91. The molecule has 3 rings (SSSR count). The number of hydrogen-bond acceptors (Lipinski definition) is 4. The second-order valence-electron chi connectivity index (χ2n) is 5.06. The maximum atomic E-state index is 11.5. The number of carbonyl (C=O) groups excluding carboxylic acids is 1. The van der Waals surface area contributed by atoms with Crippen LogP contribution in [0.1, 0.15) is 12.5 Å². The van der Waals surface area contributed by atoms with Gasteiger partial charge in [-0.3, -0.25) is 4.79 Å². The van der Waals surface area contributed by atoms with Crippen LogP contribution >= 0.6 is 23.4 Å². The van der Waals surface area contributed by atoms with Crippen LogP contribution in [0.4, 0.5) is 5.69 Å². The highest BCUT2D eigenvalue weighted by Crippen LogP contribution is 2.47. The first-order valence-corrected chi connectivity index (χ1v) is 7.97. The van der Waals surface area contributed by atoms with Crippen LogP contribution in [0.3, 0.4) is 0 Å². The third kappa shape index (κ3) is 3.13. The number of phenolic OH excluding ortho intramolecular Hbond substituents is 1. The molecule has 3 nitrogen and oxygen atoms in total. The quantitative estimate of drug-likeness (QED) is 0.835. The molecule has 2 aromatic carbocycles. The summed E-state index contributed by atoms with van der Waals surface area (Å²) in [5.41, 5.74) is 1.99. The number of aromatic hydroxyl groups is 1. The maximum absolute atomic E-state index is 11.5. The lowest BCUT2D eigenvalue weighted by molar-refractivity contribution is -0.112. The number of carbonyl (C=O) groups is 1. The van der Waals surface area contributed by atoms with Crippen LogP contribution in [0.15, 0.2) is 58.5 Å². The SMILES string of the molecule is CC(=O)/C=C1\Sc2ccc(O)cc2N1Cc1ccc(Cl)cc1. The molecule has 1 heterocycles. The summed E-state index contributed by atoms with van der Waals surface area (Å²) in [7, 11) is 0. The Balaban J connectivity index is 1.99. The average molecular weight is 332 g/mol. The van der Waals surface area contributed by atoms with E-state index in [4.69, 9.17) is 11.6 Å². The van der Waals surface area contributed by atoms with Crippen LogP contribution in [0.2, 0.25) is 5.02 Å². The van der Waals surface area contributed by atoms with Gasteiger partial charge in [0.05, 0.1) is 10.7 Å². The molecule has 0 radical (unpaired) electrons. The standard InChI is InChI=1S/C17H14ClNO2S/c1-11(20)8-17-19(10-12-2-4-13(18)5-3-12)15-9-14(21)6-7-16(15)22-17/h2-9,21H,10H2,1H3/b17-8-. The van der Waals surface area contributed by atoms with Crippen molar-refractivity contribution in [3.8, 4) is 5.75 Å². The minimum absolute atomic E-state index is 0.000587. The first-order valence-electron chi connectivity index (χ1n) is 6.78. The maximum Gasteiger partial charge on any atom is 0.155 e. The van der Waals surface area contributed by atoms with Gasteiger partial charge in [0.2, 0.25) is 0 Å². The van der Waals surface area contributed by atoms with Gasteiger partial charge in [0.15, 0.2) is 5.78 Å². The summed E-state index contributed by atoms with van der Waals surface area (Å²) in [5, 5.41) is 11.3. The van der Waals surface area contributed by atoms with E-state index in [9.17, 15) is 9.90 Å². The summed E-state index contributed by atoms with van der Waals surface area (Å²) < 4.78 is 0. The summed E-state index contributed by atoms with van der Waals surface area (Å²) in [5.74, 6) is 0.213. The number of anilines is 1. The van der Waals surface area contributed by atoms with E-state index in [0.717, 1.165) is 21.2 Å². The zero-order valence-electron chi connectivity index (χ0n) is 11.9. The van der Waals surface area contributed by atoms with Crippen molar-refractivity contribution >= 4 is 34.8 Å². The number of halogens is 1. The van der Waals surface area contributed by atoms with Crippen molar-refractivity contribution in [2.24, 2.45) is 0 Å². The molecule has 0 fully saturated rings. The topological polar surface area (TPSA) is 40.5 Å². The Bertz CT molecular complexity index is 756. The summed E-state index contributed by atoms with van der Waals surface area (Å²) in [6.45, 7) is 2.15. The van der Waals surface area contributed by atoms with Crippen LogP contribution in [-0.2, 0) is 11.3 Å². The fraction of sp³-hybridized carbons (Fsp3) is 0.118. The van der Waals surface area contributed by atoms with E-state index in [-0.39, 0.29) is 11.5 Å². The first kappa shape index (κ1) is 15.0. The summed E-state index contributed by atoms with van der Waals surface area (Å²) in [4.78, 5) is 14.5. The Morgan fingerprint density at radius 1 is 1.27 bits per heavy atom. The van der Waals surface area contributed by atoms with Gasteiger partial charge >= 0.3 is 0 Å². The highest BCUT2D eigenvalue weighted by molar-refractivity contribution is 8.03. The Kier molecular flexibility index (Phi) is 4.14. The monoisotopic (exact) mass is 331 g/mol. The number of thioether (sulfide) groups is 1. The highest BCUT2D eigenvalue weighted by atomic mass is 35.5. The number of hydrogen-bond donors (Lipinski definition) is 1. The molecule has 2 aromatic rings. The Morgan fingerprint density at radius 3 is 2.68 bits per heavy atom. The number of phenols is 1. The van der Waals surface area contributed by atoms with Crippen molar-refractivity contribution in [1.29, 1.82) is 0 Å². The van der Waals surface area contributed by atoms with Crippen LogP contribution in [0.5, 0.6) is 5.75 Å². The van der Waals surface area contributed by atoms with Gasteiger partial charge in [0, 0.05) is 28.6 Å². The predicted octanol–water partition coefficient (Wildman–Crippen LogP) is 4.59. The molecule has 112 valence electrons. The smallest absolute Gasteiger partial charge is 0.155 e. The lowest BCUT2D eigenvalue weighted by atomic mass is 10.2. The zero-order chi connectivity index (χ0) is 15.7. The van der Waals surface area contributed by atoms with E-state index in [0.29, 0.717) is 11.6 Å². The van der Waals surface area contributed by atoms with Crippen molar-refractivity contribution in [1.82, 2.24) is 0 Å². The van der Waals surface area contributed by atoms with E-state index in [1.54, 1.807) is 18.2 Å². The molecule has 0 saturated heterocycles. The van der Waals surface area contributed by atoms with Crippen molar-refractivity contribution in [2.45, 2.75) is 18.4 Å². The Labute approximate surface area is 138 Å². The molecule has 0 saturated carbocycles. The second-order valence-corrected chi connectivity index (χ2v) is 6.56. The van der Waals surface area contributed by atoms with E-state index in [1.165, 1.54) is 18.7 Å². The number of ketones is 1. The van der Waals surface area contributed by atoms with Crippen LogP contribution in [-0.4, -0.2) is 10.9 Å². The van der Waals surface area contributed by atoms with Gasteiger partial charge in [-0.2, -0.15) is 0 Å². The lowest BCUT2D eigenvalue weighted by Gasteiger charge is -2.20. The minimum atomic E-state index is 0.000587. The highest BCUT2D eigenvalue weighted by Gasteiger charge is 2.26. The lowest BCUT2D eigenvalue weighted by Crippen LogP contribution is -2.17. The molecule has 5 heteroatoms. The third-order valence-corrected chi connectivity index (χ3v) is 4.66. The van der Waals surface area contributed by atoms with Crippen molar-refractivity contribution < 1.29 is 9.90 Å². The van der Waals surface area contributed by atoms with Crippen molar-refractivity contribution in [3.05, 3.63) is 64.2 Å². The van der Waals surface area contributed by atoms with E-state index in [2.05, 4.69) is 0 Å². The fourth-order valence-corrected chi connectivity index (χ4v) is 3.57. The third-order valence-electron chi connectivity index (χ3n) is 3.29. The largest absolute Gasteiger partial charge is 0.508 e. The molecular formula is C17H14ClNO2S. The molecule has 0 aliphatic carbocycles. The zero-order valence-corrected chi connectivity index (χ0v) is 13.5. The molecule has 22 heavy (non-hydrogen) atoms. The van der Waals surface area contributed by atoms with E-state index >= 15 is 0 Å². The van der Waals surface area contributed by atoms with Gasteiger partial charge in [0.25, 0.3) is 0 Å². The number of rotatable bonds is 3. The van der Waals surface area contributed by atoms with Crippen LogP contribution in [0, 0.1) is 0 Å². The Morgan fingerprint density at radius 2 is 2.00 bits per heavy atom. The summed E-state index contributed by atoms with van der Waals surface area (Å²) >= 11 is 7.45. The summed E-state index contributed by atoms with van der Waals surface area (Å²) in [6.07, 6.45) is 1.62. The second kappa shape index (κ2) is 6.07. The number of nitrogens with zero attached hydrogens (tertiary/aromatic N) is 1. The predicted molar refractivity (Wildman–Crippen MR) is 90.4 cm³/mol. The van der Waals surface area contributed by atoms with Crippen LogP contribution in [0.25, 0.3) is 0 Å². The molecule has 0 unspecified atom stereocenters. The van der Waals surface area contributed by atoms with E-state index < -0.39 is 0 Å². The molecule has 1 N–H and O–H groups in total. The summed E-state index contributed by atoms with van der Waals surface area (Å²) in [6, 6.07) is 12.8. The molecule has 1 aliphatic rings. The molecule has 0 spiro atoms. The molecule has 1 aliphatic heterocycles. The first-order chi connectivity index (χ1) is 10.5. The van der Waals surface area contributed by atoms with Gasteiger partial charge in [0.1, 0.15) is 5.75 Å². The van der Waals surface area contributed by atoms with Crippen LogP contribution < -0.4 is 4.90 Å². The minimum Gasteiger partial charge on any atom is -0.508 e. The number of allylic oxidation sites excluding steroid dienone is 1. The molecule has 0 aromatic heterocycles. The normalized spacial score (nSPS) is 15.2. The van der Waals surface area contributed by atoms with Gasteiger partial charge in [-0.1, -0.05) is 35.5 Å². The molecular weight excluding hydrogens is 318 g/mol. The average Bonchev–Trinajstić information content (AvgIpc) is 2.78. The van der Waals surface area contributed by atoms with Gasteiger partial charge in [-0.05, 0) is 36.8 Å². The van der Waals surface area contributed by atoms with Gasteiger partial charge < -0.3 is 10.0 Å². The number of fused-ring (bicyclic) bond motifs is 1. The van der Waals surface area contributed by atoms with Gasteiger partial charge in [-0.25, -0.2) is 0 Å². The van der Waals surface area contributed by atoms with E-state index in [1.807, 2.05) is 35.2 Å². The fourth-order valence-electron chi connectivity index (χ4n) is 2.31. The van der Waals surface area contributed by atoms with Crippen molar-refractivity contribution in [3.63, 3.8) is 0 Å². The van der Waals surface area contributed by atoms with Crippen molar-refractivity contribution in [2.75, 3.05) is 4.90 Å². The molecule has 0 atom stereocenters.